The summed E-state index contributed by atoms with van der Waals surface area (Å²) in [6.07, 6.45) is 6.89. The van der Waals surface area contributed by atoms with Crippen molar-refractivity contribution in [1.29, 1.82) is 0 Å². The summed E-state index contributed by atoms with van der Waals surface area (Å²) < 4.78 is 0. The molecule has 1 N–H and O–H groups in total. The standard InChI is InChI=1S/C15H29NS/c1-14(2)8-13(9-15(3,4)11-14)16-12-6-5-7-17-10-12/h12-13,16H,5-11H2,1-4H3. The van der Waals surface area contributed by atoms with Gasteiger partial charge < -0.3 is 5.32 Å². The Labute approximate surface area is 112 Å². The Morgan fingerprint density at radius 2 is 1.65 bits per heavy atom. The average molecular weight is 255 g/mol. The third-order valence-corrected chi connectivity index (χ3v) is 5.40. The average Bonchev–Trinajstić information content (AvgIpc) is 2.13. The lowest BCUT2D eigenvalue weighted by Crippen LogP contribution is -2.48. The SMILES string of the molecule is CC1(C)CC(NC2CCCSC2)CC(C)(C)C1. The minimum Gasteiger partial charge on any atom is -0.310 e. The van der Waals surface area contributed by atoms with Crippen LogP contribution in [0.3, 0.4) is 0 Å². The maximum atomic E-state index is 3.95. The van der Waals surface area contributed by atoms with Crippen LogP contribution in [0.4, 0.5) is 0 Å². The van der Waals surface area contributed by atoms with E-state index in [9.17, 15) is 0 Å². The van der Waals surface area contributed by atoms with E-state index in [0.717, 1.165) is 12.1 Å². The zero-order valence-corrected chi connectivity index (χ0v) is 12.8. The molecule has 1 aliphatic heterocycles. The Balaban J connectivity index is 1.91. The van der Waals surface area contributed by atoms with Gasteiger partial charge in [-0.3, -0.25) is 0 Å². The van der Waals surface area contributed by atoms with Gasteiger partial charge in [0.2, 0.25) is 0 Å². The van der Waals surface area contributed by atoms with Crippen molar-refractivity contribution in [3.8, 4) is 0 Å². The van der Waals surface area contributed by atoms with Gasteiger partial charge in [-0.15, -0.1) is 0 Å². The van der Waals surface area contributed by atoms with Gasteiger partial charge in [0.1, 0.15) is 0 Å². The Kier molecular flexibility index (Phi) is 4.14. The maximum Gasteiger partial charge on any atom is 0.0161 e. The van der Waals surface area contributed by atoms with Crippen LogP contribution in [0.15, 0.2) is 0 Å². The molecule has 1 atom stereocenters. The monoisotopic (exact) mass is 255 g/mol. The fraction of sp³-hybridized carbons (Fsp3) is 1.00. The van der Waals surface area contributed by atoms with E-state index in [-0.39, 0.29) is 0 Å². The minimum atomic E-state index is 0.515. The molecule has 1 aliphatic carbocycles. The van der Waals surface area contributed by atoms with Gasteiger partial charge >= 0.3 is 0 Å². The van der Waals surface area contributed by atoms with Gasteiger partial charge in [0.25, 0.3) is 0 Å². The van der Waals surface area contributed by atoms with Crippen LogP contribution in [-0.4, -0.2) is 23.6 Å². The first-order valence-electron chi connectivity index (χ1n) is 7.20. The fourth-order valence-electron chi connectivity index (χ4n) is 4.17. The van der Waals surface area contributed by atoms with Crippen LogP contribution in [0.1, 0.15) is 59.8 Å². The summed E-state index contributed by atoms with van der Waals surface area (Å²) in [7, 11) is 0. The summed E-state index contributed by atoms with van der Waals surface area (Å²) in [5.74, 6) is 2.71. The van der Waals surface area contributed by atoms with Gasteiger partial charge in [0, 0.05) is 17.8 Å². The van der Waals surface area contributed by atoms with Crippen LogP contribution in [0, 0.1) is 10.8 Å². The second-order valence-corrected chi connectivity index (χ2v) is 8.84. The summed E-state index contributed by atoms with van der Waals surface area (Å²) in [5, 5.41) is 3.95. The van der Waals surface area contributed by atoms with Crippen molar-refractivity contribution in [3.63, 3.8) is 0 Å². The Morgan fingerprint density at radius 3 is 2.18 bits per heavy atom. The van der Waals surface area contributed by atoms with Crippen LogP contribution in [0.25, 0.3) is 0 Å². The molecule has 1 saturated heterocycles. The molecule has 0 bridgehead atoms. The maximum absolute atomic E-state index is 3.95. The van der Waals surface area contributed by atoms with Crippen molar-refractivity contribution in [1.82, 2.24) is 5.32 Å². The molecule has 1 unspecified atom stereocenters. The van der Waals surface area contributed by atoms with E-state index in [1.54, 1.807) is 0 Å². The number of rotatable bonds is 2. The van der Waals surface area contributed by atoms with Gasteiger partial charge in [-0.25, -0.2) is 0 Å². The van der Waals surface area contributed by atoms with Crippen LogP contribution in [-0.2, 0) is 0 Å². The highest BCUT2D eigenvalue weighted by Gasteiger charge is 2.38. The fourth-order valence-corrected chi connectivity index (χ4v) is 5.25. The highest BCUT2D eigenvalue weighted by atomic mass is 32.2. The molecule has 17 heavy (non-hydrogen) atoms. The molecule has 1 heterocycles. The molecular formula is C15H29NS. The summed E-state index contributed by atoms with van der Waals surface area (Å²) in [4.78, 5) is 0. The van der Waals surface area contributed by atoms with Crippen LogP contribution >= 0.6 is 11.8 Å². The van der Waals surface area contributed by atoms with Crippen molar-refractivity contribution >= 4 is 11.8 Å². The molecule has 2 heteroatoms. The zero-order chi connectivity index (χ0) is 12.5. The lowest BCUT2D eigenvalue weighted by atomic mass is 9.63. The van der Waals surface area contributed by atoms with E-state index < -0.39 is 0 Å². The largest absolute Gasteiger partial charge is 0.310 e. The van der Waals surface area contributed by atoms with Gasteiger partial charge in [-0.05, 0) is 48.7 Å². The molecule has 1 nitrogen and oxygen atoms in total. The van der Waals surface area contributed by atoms with Crippen molar-refractivity contribution in [2.75, 3.05) is 11.5 Å². The quantitative estimate of drug-likeness (QED) is 0.798. The molecule has 0 amide bonds. The lowest BCUT2D eigenvalue weighted by Gasteiger charge is -2.46. The molecule has 0 aromatic carbocycles. The van der Waals surface area contributed by atoms with Crippen LogP contribution < -0.4 is 5.32 Å². The van der Waals surface area contributed by atoms with Gasteiger partial charge in [0.05, 0.1) is 0 Å². The molecule has 1 saturated carbocycles. The summed E-state index contributed by atoms with van der Waals surface area (Å²) in [6, 6.07) is 1.53. The third-order valence-electron chi connectivity index (χ3n) is 4.19. The molecule has 0 radical (unpaired) electrons. The van der Waals surface area contributed by atoms with Crippen molar-refractivity contribution in [3.05, 3.63) is 0 Å². The predicted molar refractivity (Wildman–Crippen MR) is 78.7 cm³/mol. The molecule has 100 valence electrons. The third kappa shape index (κ3) is 4.17. The molecule has 2 rings (SSSR count). The van der Waals surface area contributed by atoms with Crippen molar-refractivity contribution in [2.24, 2.45) is 10.8 Å². The number of nitrogens with one attached hydrogen (secondary N) is 1. The summed E-state index contributed by atoms with van der Waals surface area (Å²) in [6.45, 7) is 9.77. The normalized spacial score (nSPS) is 33.5. The Morgan fingerprint density at radius 1 is 1.00 bits per heavy atom. The van der Waals surface area contributed by atoms with E-state index >= 15 is 0 Å². The molecule has 0 aromatic rings. The first-order chi connectivity index (χ1) is 7.86. The van der Waals surface area contributed by atoms with E-state index in [2.05, 4.69) is 44.8 Å². The van der Waals surface area contributed by atoms with Crippen LogP contribution in [0.2, 0.25) is 0 Å². The van der Waals surface area contributed by atoms with E-state index in [1.165, 1.54) is 43.6 Å². The van der Waals surface area contributed by atoms with Gasteiger partial charge in [-0.1, -0.05) is 27.7 Å². The van der Waals surface area contributed by atoms with E-state index in [1.807, 2.05) is 0 Å². The lowest BCUT2D eigenvalue weighted by molar-refractivity contribution is 0.0807. The highest BCUT2D eigenvalue weighted by molar-refractivity contribution is 7.99. The number of thioether (sulfide) groups is 1. The minimum absolute atomic E-state index is 0.515. The Hall–Kier alpha value is 0.310. The first-order valence-corrected chi connectivity index (χ1v) is 8.36. The zero-order valence-electron chi connectivity index (χ0n) is 12.0. The number of hydrogen-bond donors (Lipinski definition) is 1. The molecule has 0 spiro atoms. The Bertz CT molecular complexity index is 238. The van der Waals surface area contributed by atoms with E-state index in [4.69, 9.17) is 0 Å². The van der Waals surface area contributed by atoms with Gasteiger partial charge in [0.15, 0.2) is 0 Å². The second-order valence-electron chi connectivity index (χ2n) is 7.69. The van der Waals surface area contributed by atoms with Crippen molar-refractivity contribution < 1.29 is 0 Å². The number of hydrogen-bond acceptors (Lipinski definition) is 2. The first kappa shape index (κ1) is 13.7. The van der Waals surface area contributed by atoms with Crippen molar-refractivity contribution in [2.45, 2.75) is 71.9 Å². The second kappa shape index (κ2) is 5.13. The highest BCUT2D eigenvalue weighted by Crippen LogP contribution is 2.45. The summed E-state index contributed by atoms with van der Waals surface area (Å²) in [5.41, 5.74) is 1.03. The smallest absolute Gasteiger partial charge is 0.0161 e. The van der Waals surface area contributed by atoms with E-state index in [0.29, 0.717) is 10.8 Å². The molecule has 0 aromatic heterocycles. The summed E-state index contributed by atoms with van der Waals surface area (Å²) >= 11 is 2.13. The molecule has 2 aliphatic rings. The topological polar surface area (TPSA) is 12.0 Å². The molecule has 2 fully saturated rings. The molecular weight excluding hydrogens is 226 g/mol. The van der Waals surface area contributed by atoms with Crippen LogP contribution in [0.5, 0.6) is 0 Å². The predicted octanol–water partition coefficient (Wildman–Crippen LogP) is 4.08. The van der Waals surface area contributed by atoms with Gasteiger partial charge in [-0.2, -0.15) is 11.8 Å².